The summed E-state index contributed by atoms with van der Waals surface area (Å²) in [6, 6.07) is 0. The summed E-state index contributed by atoms with van der Waals surface area (Å²) in [5.74, 6) is -1.07. The fourth-order valence-corrected chi connectivity index (χ4v) is 2.45. The molecule has 0 saturated carbocycles. The van der Waals surface area contributed by atoms with E-state index in [0.717, 1.165) is 9.22 Å². The molecule has 1 N–H and O–H groups in total. The molecule has 1 heterocycles. The van der Waals surface area contributed by atoms with Gasteiger partial charge in [-0.15, -0.1) is 11.3 Å². The predicted octanol–water partition coefficient (Wildman–Crippen LogP) is 2.13. The number of carbonyl (C=O) groups is 1. The van der Waals surface area contributed by atoms with Gasteiger partial charge in [-0.2, -0.15) is 0 Å². The van der Waals surface area contributed by atoms with Crippen molar-refractivity contribution in [2.24, 2.45) is 5.92 Å². The molecular weight excluding hydrogens is 206 g/mol. The number of aliphatic carboxylic acids is 1. The van der Waals surface area contributed by atoms with Crippen LogP contribution in [-0.4, -0.2) is 22.3 Å². The van der Waals surface area contributed by atoms with E-state index in [1.165, 1.54) is 0 Å². The largest absolute Gasteiger partial charge is 0.481 e. The van der Waals surface area contributed by atoms with E-state index in [1.807, 2.05) is 6.26 Å². The summed E-state index contributed by atoms with van der Waals surface area (Å²) >= 11 is 3.15. The van der Waals surface area contributed by atoms with Gasteiger partial charge in [-0.25, -0.2) is 4.98 Å². The van der Waals surface area contributed by atoms with Gasteiger partial charge in [0.2, 0.25) is 0 Å². The molecule has 0 aliphatic rings. The summed E-state index contributed by atoms with van der Waals surface area (Å²) in [6.07, 6.45) is 4.30. The molecule has 0 aliphatic heterocycles. The SMILES string of the molecule is CSc1ncc(CC(C)C(=O)O)s1. The van der Waals surface area contributed by atoms with Crippen LogP contribution in [0.4, 0.5) is 0 Å². The maximum absolute atomic E-state index is 10.6. The van der Waals surface area contributed by atoms with Crippen molar-refractivity contribution in [3.05, 3.63) is 11.1 Å². The Hall–Kier alpha value is -0.550. The van der Waals surface area contributed by atoms with E-state index >= 15 is 0 Å². The van der Waals surface area contributed by atoms with Crippen molar-refractivity contribution < 1.29 is 9.90 Å². The molecule has 1 rings (SSSR count). The molecule has 0 saturated heterocycles. The van der Waals surface area contributed by atoms with Crippen LogP contribution in [0.2, 0.25) is 0 Å². The van der Waals surface area contributed by atoms with Crippen molar-refractivity contribution in [3.8, 4) is 0 Å². The van der Waals surface area contributed by atoms with E-state index in [-0.39, 0.29) is 5.92 Å². The standard InChI is InChI=1S/C8H11NO2S2/c1-5(7(10)11)3-6-4-9-8(12-2)13-6/h4-5H,3H2,1-2H3,(H,10,11). The summed E-state index contributed by atoms with van der Waals surface area (Å²) < 4.78 is 0.993. The first-order chi connectivity index (χ1) is 6.13. The molecular formula is C8H11NO2S2. The maximum Gasteiger partial charge on any atom is 0.306 e. The Bertz CT molecular complexity index is 298. The zero-order chi connectivity index (χ0) is 9.84. The first kappa shape index (κ1) is 10.5. The van der Waals surface area contributed by atoms with Gasteiger partial charge >= 0.3 is 5.97 Å². The zero-order valence-corrected chi connectivity index (χ0v) is 9.11. The third kappa shape index (κ3) is 3.00. The fraction of sp³-hybridized carbons (Fsp3) is 0.500. The Morgan fingerprint density at radius 3 is 3.00 bits per heavy atom. The third-order valence-corrected chi connectivity index (χ3v) is 3.65. The first-order valence-corrected chi connectivity index (χ1v) is 5.89. The van der Waals surface area contributed by atoms with Gasteiger partial charge in [0.05, 0.1) is 5.92 Å². The lowest BCUT2D eigenvalue weighted by molar-refractivity contribution is -0.141. The summed E-state index contributed by atoms with van der Waals surface area (Å²) in [4.78, 5) is 15.7. The van der Waals surface area contributed by atoms with Gasteiger partial charge in [-0.05, 0) is 12.7 Å². The van der Waals surface area contributed by atoms with E-state index in [1.54, 1.807) is 36.2 Å². The van der Waals surface area contributed by atoms with Crippen LogP contribution in [0.3, 0.4) is 0 Å². The highest BCUT2D eigenvalue weighted by atomic mass is 32.2. The van der Waals surface area contributed by atoms with E-state index in [0.29, 0.717) is 6.42 Å². The quantitative estimate of drug-likeness (QED) is 0.785. The average Bonchev–Trinajstić information content (AvgIpc) is 2.52. The molecule has 0 aliphatic carbocycles. The molecule has 1 aromatic rings. The summed E-state index contributed by atoms with van der Waals surface area (Å²) in [6.45, 7) is 1.71. The molecule has 13 heavy (non-hydrogen) atoms. The zero-order valence-electron chi connectivity index (χ0n) is 7.48. The minimum atomic E-state index is -0.751. The Morgan fingerprint density at radius 1 is 1.85 bits per heavy atom. The molecule has 1 atom stereocenters. The third-order valence-electron chi connectivity index (χ3n) is 1.64. The van der Waals surface area contributed by atoms with Crippen molar-refractivity contribution in [2.75, 3.05) is 6.26 Å². The van der Waals surface area contributed by atoms with Gasteiger partial charge in [0.15, 0.2) is 0 Å². The molecule has 5 heteroatoms. The van der Waals surface area contributed by atoms with Gasteiger partial charge in [0.1, 0.15) is 4.34 Å². The van der Waals surface area contributed by atoms with Crippen LogP contribution >= 0.6 is 23.1 Å². The van der Waals surface area contributed by atoms with Crippen molar-refractivity contribution >= 4 is 29.1 Å². The van der Waals surface area contributed by atoms with Crippen molar-refractivity contribution in [3.63, 3.8) is 0 Å². The molecule has 72 valence electrons. The highest BCUT2D eigenvalue weighted by molar-refractivity contribution is 8.00. The van der Waals surface area contributed by atoms with Gasteiger partial charge in [0.25, 0.3) is 0 Å². The Morgan fingerprint density at radius 2 is 2.54 bits per heavy atom. The Kier molecular flexibility index (Phi) is 3.74. The Balaban J connectivity index is 2.58. The van der Waals surface area contributed by atoms with E-state index in [9.17, 15) is 4.79 Å². The van der Waals surface area contributed by atoms with Crippen molar-refractivity contribution in [1.82, 2.24) is 4.98 Å². The molecule has 0 amide bonds. The van der Waals surface area contributed by atoms with Crippen LogP contribution < -0.4 is 0 Å². The van der Waals surface area contributed by atoms with Crippen molar-refractivity contribution in [1.29, 1.82) is 0 Å². The monoisotopic (exact) mass is 217 g/mol. The van der Waals surface area contributed by atoms with Crippen LogP contribution in [0.1, 0.15) is 11.8 Å². The van der Waals surface area contributed by atoms with E-state index in [4.69, 9.17) is 5.11 Å². The highest BCUT2D eigenvalue weighted by Crippen LogP contribution is 2.23. The first-order valence-electron chi connectivity index (χ1n) is 3.85. The average molecular weight is 217 g/mol. The second kappa shape index (κ2) is 4.62. The van der Waals surface area contributed by atoms with E-state index in [2.05, 4.69) is 4.98 Å². The number of rotatable bonds is 4. The van der Waals surface area contributed by atoms with E-state index < -0.39 is 5.97 Å². The Labute approximate surface area is 85.2 Å². The number of carboxylic acid groups (broad SMARTS) is 1. The molecule has 0 bridgehead atoms. The number of hydrogen-bond acceptors (Lipinski definition) is 4. The summed E-state index contributed by atoms with van der Waals surface area (Å²) in [5.41, 5.74) is 0. The second-order valence-electron chi connectivity index (χ2n) is 2.74. The number of thiazole rings is 1. The highest BCUT2D eigenvalue weighted by Gasteiger charge is 2.13. The minimum absolute atomic E-state index is 0.324. The smallest absolute Gasteiger partial charge is 0.306 e. The van der Waals surface area contributed by atoms with Crippen LogP contribution in [-0.2, 0) is 11.2 Å². The number of carboxylic acids is 1. The second-order valence-corrected chi connectivity index (χ2v) is 4.91. The maximum atomic E-state index is 10.6. The normalized spacial score (nSPS) is 12.8. The fourth-order valence-electron chi connectivity index (χ4n) is 0.867. The molecule has 3 nitrogen and oxygen atoms in total. The number of thioether (sulfide) groups is 1. The lowest BCUT2D eigenvalue weighted by Gasteiger charge is -2.01. The molecule has 0 fully saturated rings. The van der Waals surface area contributed by atoms with Crippen molar-refractivity contribution in [2.45, 2.75) is 17.7 Å². The topological polar surface area (TPSA) is 50.2 Å². The van der Waals surface area contributed by atoms with Crippen LogP contribution in [0, 0.1) is 5.92 Å². The van der Waals surface area contributed by atoms with Gasteiger partial charge in [0, 0.05) is 11.1 Å². The lowest BCUT2D eigenvalue weighted by Crippen LogP contribution is -2.11. The van der Waals surface area contributed by atoms with Gasteiger partial charge < -0.3 is 5.11 Å². The predicted molar refractivity (Wildman–Crippen MR) is 54.4 cm³/mol. The molecule has 0 aromatic carbocycles. The lowest BCUT2D eigenvalue weighted by atomic mass is 10.1. The van der Waals surface area contributed by atoms with Gasteiger partial charge in [-0.3, -0.25) is 4.79 Å². The van der Waals surface area contributed by atoms with Gasteiger partial charge in [-0.1, -0.05) is 18.7 Å². The molecule has 1 aromatic heterocycles. The van der Waals surface area contributed by atoms with Crippen LogP contribution in [0.25, 0.3) is 0 Å². The molecule has 1 unspecified atom stereocenters. The molecule has 0 radical (unpaired) electrons. The summed E-state index contributed by atoms with van der Waals surface area (Å²) in [5, 5.41) is 8.69. The summed E-state index contributed by atoms with van der Waals surface area (Å²) in [7, 11) is 0. The van der Waals surface area contributed by atoms with Crippen LogP contribution in [0.15, 0.2) is 10.5 Å². The van der Waals surface area contributed by atoms with Crippen LogP contribution in [0.5, 0.6) is 0 Å². The minimum Gasteiger partial charge on any atom is -0.481 e. The molecule has 0 spiro atoms. The number of nitrogens with zero attached hydrogens (tertiary/aromatic N) is 1. The number of aromatic nitrogens is 1. The number of hydrogen-bond donors (Lipinski definition) is 1.